The Balaban J connectivity index is 2.41. The number of aromatic nitrogens is 3. The van der Waals surface area contributed by atoms with Gasteiger partial charge < -0.3 is 0 Å². The van der Waals surface area contributed by atoms with Gasteiger partial charge in [0.1, 0.15) is 0 Å². The van der Waals surface area contributed by atoms with E-state index in [0.717, 1.165) is 25.8 Å². The van der Waals surface area contributed by atoms with Crippen LogP contribution in [0.15, 0.2) is 29.5 Å². The molecule has 0 N–H and O–H groups in total. The van der Waals surface area contributed by atoms with Crippen LogP contribution in [0.2, 0.25) is 0 Å². The third-order valence-electron chi connectivity index (χ3n) is 3.23. The van der Waals surface area contributed by atoms with Gasteiger partial charge in [0.15, 0.2) is 6.29 Å². The molecule has 132 valence electrons. The van der Waals surface area contributed by atoms with Gasteiger partial charge in [-0.2, -0.15) is 0 Å². The molecule has 0 saturated heterocycles. The predicted octanol–water partition coefficient (Wildman–Crippen LogP) is 4.68. The molecule has 9 heteroatoms. The van der Waals surface area contributed by atoms with Gasteiger partial charge in [-0.05, 0) is 40.0 Å². The van der Waals surface area contributed by atoms with Crippen LogP contribution in [0.25, 0.3) is 0 Å². The number of allylic oxidation sites excluding steroid dienone is 4. The molecule has 0 spiro atoms. The van der Waals surface area contributed by atoms with E-state index in [1.165, 1.54) is 11.1 Å². The summed E-state index contributed by atoms with van der Waals surface area (Å²) in [7, 11) is -1.07. The van der Waals surface area contributed by atoms with E-state index < -0.39 is 23.7 Å². The molecule has 0 saturated carbocycles. The molecule has 0 amide bonds. The van der Waals surface area contributed by atoms with Crippen LogP contribution in [0, 0.1) is 0 Å². The smallest absolute Gasteiger partial charge is 0.262 e. The fraction of sp³-hybridized carbons (Fsp3) is 0.600. The highest BCUT2D eigenvalue weighted by Crippen LogP contribution is 2.15. The Bertz CT molecular complexity index is 573. The fourth-order valence-corrected chi connectivity index (χ4v) is 2.53. The molecule has 1 heterocycles. The van der Waals surface area contributed by atoms with Crippen LogP contribution in [0.5, 0.6) is 0 Å². The van der Waals surface area contributed by atoms with Crippen LogP contribution in [-0.2, 0) is 31.1 Å². The van der Waals surface area contributed by atoms with Crippen molar-refractivity contribution in [3.05, 3.63) is 35.2 Å². The van der Waals surface area contributed by atoms with E-state index in [1.807, 2.05) is 0 Å². The number of aryl methyl sites for hydroxylation is 1. The summed E-state index contributed by atoms with van der Waals surface area (Å²) in [5.74, 6) is 0. The largest absolute Gasteiger partial charge is 0.329 e. The highest BCUT2D eigenvalue weighted by atomic mass is 31.1. The van der Waals surface area contributed by atoms with Crippen molar-refractivity contribution in [2.75, 3.05) is 0 Å². The monoisotopic (exact) mass is 371 g/mol. The minimum atomic E-state index is -0.884. The van der Waals surface area contributed by atoms with Gasteiger partial charge in [-0.1, -0.05) is 28.5 Å². The third-order valence-corrected chi connectivity index (χ3v) is 3.87. The lowest BCUT2D eigenvalue weighted by atomic mass is 10.1. The standard InChI is InChI=1S/C15H23N3O4P2/c1-12(2)6-4-7-13(3)8-5-9-18-11-14(16-17-18)10-15(21-23-19)22-24-20/h6,8,11,15H,4-5,7,9-10H2,1-3H3. The van der Waals surface area contributed by atoms with Gasteiger partial charge in [-0.25, -0.2) is 9.13 Å². The third kappa shape index (κ3) is 9.14. The Morgan fingerprint density at radius 3 is 2.54 bits per heavy atom. The predicted molar refractivity (Wildman–Crippen MR) is 91.9 cm³/mol. The van der Waals surface area contributed by atoms with Crippen LogP contribution in [0.4, 0.5) is 0 Å². The summed E-state index contributed by atoms with van der Waals surface area (Å²) in [6, 6.07) is 0. The summed E-state index contributed by atoms with van der Waals surface area (Å²) in [5, 5.41) is 8.03. The van der Waals surface area contributed by atoms with Gasteiger partial charge in [0.25, 0.3) is 0 Å². The molecule has 0 radical (unpaired) electrons. The van der Waals surface area contributed by atoms with Crippen molar-refractivity contribution in [3.8, 4) is 0 Å². The van der Waals surface area contributed by atoms with E-state index in [4.69, 9.17) is 9.05 Å². The molecular weight excluding hydrogens is 348 g/mol. The zero-order chi connectivity index (χ0) is 17.8. The second kappa shape index (κ2) is 12.2. The van der Waals surface area contributed by atoms with Crippen molar-refractivity contribution in [1.29, 1.82) is 0 Å². The SMILES string of the molecule is CC(C)=CCCC(C)=CCCn1cc(CC(OP=O)OP=O)nn1. The average Bonchev–Trinajstić information content (AvgIpc) is 2.95. The van der Waals surface area contributed by atoms with Crippen molar-refractivity contribution < 1.29 is 18.2 Å². The first-order valence-electron chi connectivity index (χ1n) is 7.70. The van der Waals surface area contributed by atoms with Gasteiger partial charge in [-0.15, -0.1) is 5.10 Å². The molecule has 0 fully saturated rings. The Hall–Kier alpha value is -1.26. The van der Waals surface area contributed by atoms with E-state index in [2.05, 4.69) is 43.2 Å². The van der Waals surface area contributed by atoms with Gasteiger partial charge in [0.2, 0.25) is 0 Å². The Labute approximate surface area is 145 Å². The zero-order valence-electron chi connectivity index (χ0n) is 14.2. The van der Waals surface area contributed by atoms with Crippen LogP contribution in [0.1, 0.15) is 45.7 Å². The second-order valence-electron chi connectivity index (χ2n) is 5.63. The van der Waals surface area contributed by atoms with Crippen molar-refractivity contribution in [1.82, 2.24) is 15.0 Å². The maximum Gasteiger partial charge on any atom is 0.329 e. The Morgan fingerprint density at radius 2 is 1.92 bits per heavy atom. The quantitative estimate of drug-likeness (QED) is 0.301. The highest BCUT2D eigenvalue weighted by Gasteiger charge is 2.14. The molecule has 24 heavy (non-hydrogen) atoms. The molecule has 0 aliphatic rings. The molecule has 0 bridgehead atoms. The summed E-state index contributed by atoms with van der Waals surface area (Å²) in [5.41, 5.74) is 3.33. The minimum absolute atomic E-state index is 0.224. The van der Waals surface area contributed by atoms with Gasteiger partial charge >= 0.3 is 17.4 Å². The molecular formula is C15H23N3O4P2. The molecule has 0 aliphatic carbocycles. The van der Waals surface area contributed by atoms with E-state index >= 15 is 0 Å². The zero-order valence-corrected chi connectivity index (χ0v) is 16.0. The maximum atomic E-state index is 10.4. The van der Waals surface area contributed by atoms with E-state index in [9.17, 15) is 9.13 Å². The van der Waals surface area contributed by atoms with Crippen LogP contribution < -0.4 is 0 Å². The van der Waals surface area contributed by atoms with E-state index in [0.29, 0.717) is 5.69 Å². The fourth-order valence-electron chi connectivity index (χ4n) is 2.04. The van der Waals surface area contributed by atoms with Crippen molar-refractivity contribution in [2.24, 2.45) is 0 Å². The normalized spacial score (nSPS) is 13.4. The van der Waals surface area contributed by atoms with Crippen LogP contribution >= 0.6 is 17.4 Å². The summed E-state index contributed by atoms with van der Waals surface area (Å²) >= 11 is 0. The molecule has 0 atom stereocenters. The lowest BCUT2D eigenvalue weighted by Crippen LogP contribution is -2.12. The van der Waals surface area contributed by atoms with Crippen molar-refractivity contribution in [2.45, 2.75) is 59.3 Å². The van der Waals surface area contributed by atoms with Gasteiger partial charge in [0, 0.05) is 19.2 Å². The number of rotatable bonds is 12. The summed E-state index contributed by atoms with van der Waals surface area (Å²) in [4.78, 5) is 0. The van der Waals surface area contributed by atoms with Gasteiger partial charge in [0.05, 0.1) is 5.69 Å². The molecule has 0 aromatic carbocycles. The van der Waals surface area contributed by atoms with Crippen LogP contribution in [0.3, 0.4) is 0 Å². The van der Waals surface area contributed by atoms with E-state index in [1.54, 1.807) is 10.9 Å². The molecule has 7 nitrogen and oxygen atoms in total. The van der Waals surface area contributed by atoms with E-state index in [-0.39, 0.29) is 6.42 Å². The lowest BCUT2D eigenvalue weighted by molar-refractivity contribution is 0.0277. The molecule has 0 aliphatic heterocycles. The van der Waals surface area contributed by atoms with Gasteiger partial charge in [-0.3, -0.25) is 13.7 Å². The Morgan fingerprint density at radius 1 is 1.21 bits per heavy atom. The maximum absolute atomic E-state index is 10.4. The molecule has 1 aromatic heterocycles. The summed E-state index contributed by atoms with van der Waals surface area (Å²) < 4.78 is 32.1. The van der Waals surface area contributed by atoms with Crippen molar-refractivity contribution in [3.63, 3.8) is 0 Å². The first-order chi connectivity index (χ1) is 11.5. The first-order valence-corrected chi connectivity index (χ1v) is 9.16. The number of nitrogens with zero attached hydrogens (tertiary/aromatic N) is 3. The topological polar surface area (TPSA) is 83.3 Å². The second-order valence-corrected chi connectivity index (χ2v) is 6.35. The molecule has 1 rings (SSSR count). The van der Waals surface area contributed by atoms with Crippen molar-refractivity contribution >= 4 is 17.4 Å². The Kier molecular flexibility index (Phi) is 10.5. The average molecular weight is 371 g/mol. The molecule has 1 aromatic rings. The summed E-state index contributed by atoms with van der Waals surface area (Å²) in [6.07, 6.45) is 8.57. The number of hydrogen-bond donors (Lipinski definition) is 0. The number of hydrogen-bond acceptors (Lipinski definition) is 6. The highest BCUT2D eigenvalue weighted by molar-refractivity contribution is 7.18. The minimum Gasteiger partial charge on any atom is -0.262 e. The lowest BCUT2D eigenvalue weighted by Gasteiger charge is -2.06. The molecule has 0 unspecified atom stereocenters. The first kappa shape index (κ1) is 20.8. The summed E-state index contributed by atoms with van der Waals surface area (Å²) in [6.45, 7) is 7.07. The van der Waals surface area contributed by atoms with Crippen LogP contribution in [-0.4, -0.2) is 21.3 Å².